The van der Waals surface area contributed by atoms with E-state index in [9.17, 15) is 0 Å². The lowest BCUT2D eigenvalue weighted by atomic mass is 10.0. The molecule has 2 aromatic rings. The summed E-state index contributed by atoms with van der Waals surface area (Å²) in [6.07, 6.45) is 0. The van der Waals surface area contributed by atoms with Gasteiger partial charge in [0.15, 0.2) is 0 Å². The Morgan fingerprint density at radius 2 is 2.07 bits per heavy atom. The molecule has 0 aliphatic rings. The molecule has 0 spiro atoms. The van der Waals surface area contributed by atoms with Gasteiger partial charge >= 0.3 is 0 Å². The van der Waals surface area contributed by atoms with E-state index in [0.717, 1.165) is 21.0 Å². The number of fused-ring (bicyclic) bond motifs is 1. The molecule has 0 unspecified atom stereocenters. The molecule has 0 fully saturated rings. The third-order valence-corrected chi connectivity index (χ3v) is 2.80. The quantitative estimate of drug-likeness (QED) is 0.774. The normalized spacial score (nSPS) is 10.9. The van der Waals surface area contributed by atoms with Crippen molar-refractivity contribution < 1.29 is 4.42 Å². The molecule has 0 atom stereocenters. The van der Waals surface area contributed by atoms with Gasteiger partial charge in [-0.2, -0.15) is 5.26 Å². The summed E-state index contributed by atoms with van der Waals surface area (Å²) in [7, 11) is 0. The van der Waals surface area contributed by atoms with E-state index in [1.54, 1.807) is 6.07 Å². The van der Waals surface area contributed by atoms with Crippen molar-refractivity contribution in [2.45, 2.75) is 19.8 Å². The second-order valence-corrected chi connectivity index (χ2v) is 4.71. The van der Waals surface area contributed by atoms with Crippen molar-refractivity contribution in [3.63, 3.8) is 0 Å². The van der Waals surface area contributed by atoms with Crippen molar-refractivity contribution in [1.82, 2.24) is 0 Å². The second-order valence-electron chi connectivity index (χ2n) is 3.79. The molecule has 0 N–H and O–H groups in total. The van der Waals surface area contributed by atoms with Gasteiger partial charge in [0, 0.05) is 15.9 Å². The average molecular weight is 264 g/mol. The van der Waals surface area contributed by atoms with Crippen LogP contribution in [0.15, 0.2) is 27.1 Å². The Hall–Kier alpha value is -1.27. The topological polar surface area (TPSA) is 36.9 Å². The average Bonchev–Trinajstić information content (AvgIpc) is 2.58. The van der Waals surface area contributed by atoms with Gasteiger partial charge < -0.3 is 4.42 Å². The first-order valence-corrected chi connectivity index (χ1v) is 5.54. The predicted molar refractivity (Wildman–Crippen MR) is 62.7 cm³/mol. The molecule has 1 aromatic carbocycles. The Bertz CT molecular complexity index is 548. The Morgan fingerprint density at radius 1 is 1.33 bits per heavy atom. The van der Waals surface area contributed by atoms with Crippen LogP contribution >= 0.6 is 15.9 Å². The third kappa shape index (κ3) is 1.78. The lowest BCUT2D eigenvalue weighted by Gasteiger charge is -2.06. The molecule has 3 heteroatoms. The number of nitrogens with zero attached hydrogens (tertiary/aromatic N) is 1. The number of halogens is 1. The number of hydrogen-bond donors (Lipinski definition) is 0. The fraction of sp³-hybridized carbons (Fsp3) is 0.250. The summed E-state index contributed by atoms with van der Waals surface area (Å²) in [6.45, 7) is 4.21. The molecule has 1 heterocycles. The van der Waals surface area contributed by atoms with Gasteiger partial charge in [-0.25, -0.2) is 0 Å². The molecule has 0 radical (unpaired) electrons. The minimum Gasteiger partial charge on any atom is -0.445 e. The molecule has 0 aliphatic carbocycles. The lowest BCUT2D eigenvalue weighted by molar-refractivity contribution is 0.591. The van der Waals surface area contributed by atoms with Crippen molar-refractivity contribution in [2.75, 3.05) is 0 Å². The smallest absolute Gasteiger partial charge is 0.204 e. The molecule has 2 rings (SSSR count). The second kappa shape index (κ2) is 3.71. The van der Waals surface area contributed by atoms with Gasteiger partial charge in [-0.1, -0.05) is 29.8 Å². The maximum atomic E-state index is 8.78. The summed E-state index contributed by atoms with van der Waals surface area (Å²) in [5.74, 6) is 0.743. The first-order chi connectivity index (χ1) is 7.11. The molecule has 0 aliphatic heterocycles. The monoisotopic (exact) mass is 263 g/mol. The van der Waals surface area contributed by atoms with Gasteiger partial charge in [0.2, 0.25) is 5.76 Å². The zero-order valence-corrected chi connectivity index (χ0v) is 10.1. The minimum absolute atomic E-state index is 0.366. The highest BCUT2D eigenvalue weighted by atomic mass is 79.9. The maximum absolute atomic E-state index is 8.78. The van der Waals surface area contributed by atoms with Crippen molar-refractivity contribution in [2.24, 2.45) is 0 Å². The molecule has 0 saturated heterocycles. The molecule has 0 bridgehead atoms. The van der Waals surface area contributed by atoms with E-state index >= 15 is 0 Å². The third-order valence-electron chi connectivity index (χ3n) is 2.34. The predicted octanol–water partition coefficient (Wildman–Crippen LogP) is 4.19. The zero-order valence-electron chi connectivity index (χ0n) is 8.54. The summed E-state index contributed by atoms with van der Waals surface area (Å²) in [5, 5.41) is 9.76. The Kier molecular flexibility index (Phi) is 2.54. The van der Waals surface area contributed by atoms with E-state index < -0.39 is 0 Å². The van der Waals surface area contributed by atoms with Crippen LogP contribution in [-0.2, 0) is 0 Å². The molecule has 0 saturated carbocycles. The van der Waals surface area contributed by atoms with Gasteiger partial charge in [-0.05, 0) is 23.6 Å². The van der Waals surface area contributed by atoms with Gasteiger partial charge in [0.05, 0.1) is 0 Å². The van der Waals surface area contributed by atoms with E-state index in [2.05, 4.69) is 29.8 Å². The number of benzene rings is 1. The fourth-order valence-electron chi connectivity index (χ4n) is 1.63. The zero-order chi connectivity index (χ0) is 11.0. The maximum Gasteiger partial charge on any atom is 0.204 e. The van der Waals surface area contributed by atoms with Crippen LogP contribution in [0.25, 0.3) is 11.0 Å². The molecule has 2 nitrogen and oxygen atoms in total. The Balaban J connectivity index is 2.79. The van der Waals surface area contributed by atoms with Crippen molar-refractivity contribution in [1.29, 1.82) is 5.26 Å². The van der Waals surface area contributed by atoms with Crippen LogP contribution in [0.3, 0.4) is 0 Å². The fourth-order valence-corrected chi connectivity index (χ4v) is 2.12. The van der Waals surface area contributed by atoms with Crippen LogP contribution < -0.4 is 0 Å². The number of hydrogen-bond acceptors (Lipinski definition) is 2. The summed E-state index contributed by atoms with van der Waals surface area (Å²) in [5.41, 5.74) is 1.95. The van der Waals surface area contributed by atoms with Gasteiger partial charge in [-0.3, -0.25) is 0 Å². The number of nitriles is 1. The van der Waals surface area contributed by atoms with Crippen LogP contribution in [0.4, 0.5) is 0 Å². The van der Waals surface area contributed by atoms with Gasteiger partial charge in [0.25, 0.3) is 0 Å². The van der Waals surface area contributed by atoms with Crippen LogP contribution in [0.2, 0.25) is 0 Å². The highest BCUT2D eigenvalue weighted by Crippen LogP contribution is 2.31. The van der Waals surface area contributed by atoms with Crippen LogP contribution in [0.5, 0.6) is 0 Å². The first-order valence-electron chi connectivity index (χ1n) is 4.75. The molecule has 1 aromatic heterocycles. The minimum atomic E-state index is 0.366. The summed E-state index contributed by atoms with van der Waals surface area (Å²) < 4.78 is 6.50. The molecular formula is C12H10BrNO. The summed E-state index contributed by atoms with van der Waals surface area (Å²) in [4.78, 5) is 0. The van der Waals surface area contributed by atoms with E-state index in [4.69, 9.17) is 9.68 Å². The highest BCUT2D eigenvalue weighted by molar-refractivity contribution is 9.10. The highest BCUT2D eigenvalue weighted by Gasteiger charge is 2.11. The molecule has 76 valence electrons. The number of rotatable bonds is 1. The van der Waals surface area contributed by atoms with Gasteiger partial charge in [-0.15, -0.1) is 0 Å². The first kappa shape index (κ1) is 10.3. The van der Waals surface area contributed by atoms with Crippen LogP contribution in [0, 0.1) is 11.3 Å². The van der Waals surface area contributed by atoms with Crippen molar-refractivity contribution in [3.8, 4) is 6.07 Å². The number of furan rings is 1. The Morgan fingerprint density at radius 3 is 2.67 bits per heavy atom. The summed E-state index contributed by atoms with van der Waals surface area (Å²) >= 11 is 3.46. The lowest BCUT2D eigenvalue weighted by Crippen LogP contribution is -1.87. The van der Waals surface area contributed by atoms with Crippen LogP contribution in [0.1, 0.15) is 31.1 Å². The Labute approximate surface area is 96.6 Å². The van der Waals surface area contributed by atoms with E-state index in [1.165, 1.54) is 0 Å². The summed E-state index contributed by atoms with van der Waals surface area (Å²) in [6, 6.07) is 7.79. The SMILES string of the molecule is CC(C)c1cc(Br)cc2cc(C#N)oc12. The molecule has 0 amide bonds. The van der Waals surface area contributed by atoms with E-state index in [-0.39, 0.29) is 0 Å². The van der Waals surface area contributed by atoms with E-state index in [1.807, 2.05) is 18.2 Å². The molecular weight excluding hydrogens is 254 g/mol. The van der Waals surface area contributed by atoms with Crippen molar-refractivity contribution >= 4 is 26.9 Å². The molecule has 15 heavy (non-hydrogen) atoms. The van der Waals surface area contributed by atoms with E-state index in [0.29, 0.717) is 11.7 Å². The standard InChI is InChI=1S/C12H10BrNO/c1-7(2)11-5-9(13)3-8-4-10(6-14)15-12(8)11/h3-5,7H,1-2H3. The van der Waals surface area contributed by atoms with Crippen molar-refractivity contribution in [3.05, 3.63) is 34.0 Å². The van der Waals surface area contributed by atoms with Crippen LogP contribution in [-0.4, -0.2) is 0 Å². The van der Waals surface area contributed by atoms with Gasteiger partial charge in [0.1, 0.15) is 11.7 Å². The largest absolute Gasteiger partial charge is 0.445 e.